The minimum Gasteiger partial charge on any atom is -0.348 e. The third kappa shape index (κ3) is 3.07. The van der Waals surface area contributed by atoms with Gasteiger partial charge in [-0.3, -0.25) is 14.3 Å². The Bertz CT molecular complexity index is 554. The zero-order chi connectivity index (χ0) is 13.0. The van der Waals surface area contributed by atoms with Crippen LogP contribution in [0, 0.1) is 0 Å². The smallest absolute Gasteiger partial charge is 0.253 e. The number of carbonyl (C=O) groups is 1. The zero-order valence-electron chi connectivity index (χ0n) is 9.96. The van der Waals surface area contributed by atoms with Crippen molar-refractivity contribution in [3.8, 4) is 0 Å². The van der Waals surface area contributed by atoms with Gasteiger partial charge in [0.15, 0.2) is 0 Å². The zero-order valence-corrected chi connectivity index (χ0v) is 9.96. The second kappa shape index (κ2) is 5.31. The molecule has 1 amide bonds. The monoisotopic (exact) mass is 246 g/mol. The number of nitrogens with zero attached hydrogens (tertiary/aromatic N) is 2. The topological polar surface area (TPSA) is 79.8 Å². The molecule has 18 heavy (non-hydrogen) atoms. The maximum atomic E-state index is 11.8. The molecule has 94 valence electrons. The van der Waals surface area contributed by atoms with E-state index in [4.69, 9.17) is 0 Å². The first kappa shape index (κ1) is 12.1. The molecular formula is C12H14N4O2. The average molecular weight is 246 g/mol. The van der Waals surface area contributed by atoms with Crippen molar-refractivity contribution in [1.29, 1.82) is 0 Å². The van der Waals surface area contributed by atoms with Gasteiger partial charge in [0.1, 0.15) is 0 Å². The fraction of sp³-hybridized carbons (Fsp3) is 0.250. The van der Waals surface area contributed by atoms with Gasteiger partial charge in [-0.25, -0.2) is 0 Å². The number of pyridine rings is 1. The Balaban J connectivity index is 1.94. The van der Waals surface area contributed by atoms with Crippen LogP contribution in [0.3, 0.4) is 0 Å². The Hall–Kier alpha value is -2.37. The summed E-state index contributed by atoms with van der Waals surface area (Å²) in [6, 6.07) is 4.60. The third-order valence-electron chi connectivity index (χ3n) is 2.44. The van der Waals surface area contributed by atoms with Crippen molar-refractivity contribution >= 4 is 5.91 Å². The number of aromatic nitrogens is 3. The molecule has 1 atom stereocenters. The van der Waals surface area contributed by atoms with E-state index in [9.17, 15) is 9.59 Å². The van der Waals surface area contributed by atoms with E-state index in [0.717, 1.165) is 0 Å². The van der Waals surface area contributed by atoms with E-state index in [1.54, 1.807) is 10.9 Å². The molecule has 0 radical (unpaired) electrons. The van der Waals surface area contributed by atoms with Crippen LogP contribution in [0.2, 0.25) is 0 Å². The van der Waals surface area contributed by atoms with Crippen molar-refractivity contribution in [2.45, 2.75) is 19.5 Å². The summed E-state index contributed by atoms with van der Waals surface area (Å²) < 4.78 is 1.75. The standard InChI is InChI=1S/C12H14N4O2/c1-9(8-16-6-2-5-14-16)15-12(18)10-3-4-11(17)13-7-10/h2-7,9H,8H2,1H3,(H,13,17)(H,15,18)/t9-/m0/s1. The van der Waals surface area contributed by atoms with Crippen molar-refractivity contribution in [1.82, 2.24) is 20.1 Å². The summed E-state index contributed by atoms with van der Waals surface area (Å²) >= 11 is 0. The van der Waals surface area contributed by atoms with Gasteiger partial charge >= 0.3 is 0 Å². The first-order chi connectivity index (χ1) is 8.65. The summed E-state index contributed by atoms with van der Waals surface area (Å²) in [5.74, 6) is -0.217. The lowest BCUT2D eigenvalue weighted by molar-refractivity contribution is 0.0935. The molecule has 2 rings (SSSR count). The summed E-state index contributed by atoms with van der Waals surface area (Å²) in [5.41, 5.74) is 0.207. The molecule has 0 unspecified atom stereocenters. The molecule has 6 nitrogen and oxygen atoms in total. The highest BCUT2D eigenvalue weighted by atomic mass is 16.2. The Labute approximate surface area is 104 Å². The van der Waals surface area contributed by atoms with Crippen LogP contribution in [-0.4, -0.2) is 26.7 Å². The van der Waals surface area contributed by atoms with Crippen LogP contribution < -0.4 is 10.9 Å². The minimum absolute atomic E-state index is 0.0515. The predicted molar refractivity (Wildman–Crippen MR) is 66.2 cm³/mol. The molecule has 0 bridgehead atoms. The Kier molecular flexibility index (Phi) is 3.57. The molecule has 0 saturated heterocycles. The molecule has 0 aliphatic heterocycles. The van der Waals surface area contributed by atoms with Crippen LogP contribution in [0.25, 0.3) is 0 Å². The number of hydrogen-bond acceptors (Lipinski definition) is 3. The summed E-state index contributed by atoms with van der Waals surface area (Å²) in [6.07, 6.45) is 4.93. The number of carbonyl (C=O) groups excluding carboxylic acids is 1. The molecule has 0 fully saturated rings. The normalized spacial score (nSPS) is 12.1. The molecule has 6 heteroatoms. The van der Waals surface area contributed by atoms with Gasteiger partial charge in [-0.15, -0.1) is 0 Å². The first-order valence-electron chi connectivity index (χ1n) is 5.62. The highest BCUT2D eigenvalue weighted by molar-refractivity contribution is 5.93. The number of H-pyrrole nitrogens is 1. The van der Waals surface area contributed by atoms with Gasteiger partial charge in [0.05, 0.1) is 12.1 Å². The Morgan fingerprint density at radius 3 is 3.00 bits per heavy atom. The molecule has 2 heterocycles. The summed E-state index contributed by atoms with van der Waals surface area (Å²) in [5, 5.41) is 6.90. The van der Waals surface area contributed by atoms with E-state index in [1.807, 2.05) is 19.2 Å². The molecule has 0 aromatic carbocycles. The van der Waals surface area contributed by atoms with Gasteiger partial charge in [0.2, 0.25) is 5.56 Å². The van der Waals surface area contributed by atoms with Crippen LogP contribution in [0.5, 0.6) is 0 Å². The maximum Gasteiger partial charge on any atom is 0.253 e. The highest BCUT2D eigenvalue weighted by Crippen LogP contribution is 1.96. The Morgan fingerprint density at radius 2 is 2.39 bits per heavy atom. The SMILES string of the molecule is C[C@@H](Cn1cccn1)NC(=O)c1ccc(=O)[nH]c1. The van der Waals surface area contributed by atoms with Gasteiger partial charge in [0, 0.05) is 30.7 Å². The minimum atomic E-state index is -0.226. The highest BCUT2D eigenvalue weighted by Gasteiger charge is 2.10. The van der Waals surface area contributed by atoms with Crippen molar-refractivity contribution in [2.24, 2.45) is 0 Å². The van der Waals surface area contributed by atoms with Crippen molar-refractivity contribution in [3.05, 3.63) is 52.7 Å². The molecule has 0 spiro atoms. The second-order valence-corrected chi connectivity index (χ2v) is 4.04. The quantitative estimate of drug-likeness (QED) is 0.819. The number of rotatable bonds is 4. The van der Waals surface area contributed by atoms with Crippen molar-refractivity contribution < 1.29 is 4.79 Å². The summed E-state index contributed by atoms with van der Waals surface area (Å²) in [6.45, 7) is 2.49. The molecular weight excluding hydrogens is 232 g/mol. The molecule has 2 aromatic heterocycles. The second-order valence-electron chi connectivity index (χ2n) is 4.04. The van der Waals surface area contributed by atoms with Crippen LogP contribution in [-0.2, 0) is 6.54 Å². The van der Waals surface area contributed by atoms with Crippen LogP contribution in [0.4, 0.5) is 0 Å². The summed E-state index contributed by atoms with van der Waals surface area (Å²) in [7, 11) is 0. The number of hydrogen-bond donors (Lipinski definition) is 2. The molecule has 0 aliphatic carbocycles. The number of amides is 1. The molecule has 2 N–H and O–H groups in total. The number of aromatic amines is 1. The van der Waals surface area contributed by atoms with Crippen molar-refractivity contribution in [3.63, 3.8) is 0 Å². The lowest BCUT2D eigenvalue weighted by Crippen LogP contribution is -2.36. The van der Waals surface area contributed by atoms with Gasteiger partial charge in [-0.2, -0.15) is 5.10 Å². The Morgan fingerprint density at radius 1 is 1.56 bits per heavy atom. The van der Waals surface area contributed by atoms with Gasteiger partial charge in [0.25, 0.3) is 5.91 Å². The van der Waals surface area contributed by atoms with E-state index in [1.165, 1.54) is 18.3 Å². The van der Waals surface area contributed by atoms with E-state index in [-0.39, 0.29) is 17.5 Å². The van der Waals surface area contributed by atoms with Crippen LogP contribution in [0.15, 0.2) is 41.6 Å². The lowest BCUT2D eigenvalue weighted by atomic mass is 10.2. The van der Waals surface area contributed by atoms with Gasteiger partial charge in [-0.05, 0) is 19.1 Å². The largest absolute Gasteiger partial charge is 0.348 e. The molecule has 0 saturated carbocycles. The fourth-order valence-corrected chi connectivity index (χ4v) is 1.59. The van der Waals surface area contributed by atoms with Gasteiger partial charge in [-0.1, -0.05) is 0 Å². The predicted octanol–water partition coefficient (Wildman–Crippen LogP) is 0.390. The lowest BCUT2D eigenvalue weighted by Gasteiger charge is -2.13. The van der Waals surface area contributed by atoms with Gasteiger partial charge < -0.3 is 10.3 Å². The van der Waals surface area contributed by atoms with E-state index in [2.05, 4.69) is 15.4 Å². The fourth-order valence-electron chi connectivity index (χ4n) is 1.59. The van der Waals surface area contributed by atoms with Crippen LogP contribution in [0.1, 0.15) is 17.3 Å². The van der Waals surface area contributed by atoms with E-state index < -0.39 is 0 Å². The molecule has 0 aliphatic rings. The third-order valence-corrected chi connectivity index (χ3v) is 2.44. The van der Waals surface area contributed by atoms with Crippen molar-refractivity contribution in [2.75, 3.05) is 0 Å². The summed E-state index contributed by atoms with van der Waals surface area (Å²) in [4.78, 5) is 25.2. The van der Waals surface area contributed by atoms with E-state index >= 15 is 0 Å². The average Bonchev–Trinajstić information content (AvgIpc) is 2.82. The molecule has 2 aromatic rings. The maximum absolute atomic E-state index is 11.8. The van der Waals surface area contributed by atoms with E-state index in [0.29, 0.717) is 12.1 Å². The van der Waals surface area contributed by atoms with Crippen LogP contribution >= 0.6 is 0 Å². The number of nitrogens with one attached hydrogen (secondary N) is 2. The first-order valence-corrected chi connectivity index (χ1v) is 5.62.